The zero-order valence-electron chi connectivity index (χ0n) is 14.2. The number of anilines is 1. The molecule has 2 aromatic rings. The molecular formula is C20H21NO3. The molecule has 0 radical (unpaired) electrons. The molecule has 0 amide bonds. The fourth-order valence-electron chi connectivity index (χ4n) is 2.21. The predicted molar refractivity (Wildman–Crippen MR) is 96.2 cm³/mol. The molecule has 2 rings (SSSR count). The minimum Gasteiger partial charge on any atom is -0.462 e. The Hall–Kier alpha value is -2.88. The Labute approximate surface area is 142 Å². The Kier molecular flexibility index (Phi) is 5.90. The minimum atomic E-state index is -0.608. The second-order valence-corrected chi connectivity index (χ2v) is 5.46. The Bertz CT molecular complexity index is 731. The second kappa shape index (κ2) is 8.11. The fourth-order valence-corrected chi connectivity index (χ4v) is 2.21. The summed E-state index contributed by atoms with van der Waals surface area (Å²) in [6, 6.07) is 16.3. The van der Waals surface area contributed by atoms with Gasteiger partial charge in [-0.1, -0.05) is 42.5 Å². The van der Waals surface area contributed by atoms with Crippen LogP contribution in [0.15, 0.2) is 60.2 Å². The average molecular weight is 323 g/mol. The molecule has 0 heterocycles. The van der Waals surface area contributed by atoms with Gasteiger partial charge in [0.25, 0.3) is 0 Å². The van der Waals surface area contributed by atoms with Crippen molar-refractivity contribution in [2.75, 3.05) is 25.6 Å². The van der Waals surface area contributed by atoms with E-state index in [1.54, 1.807) is 37.3 Å². The van der Waals surface area contributed by atoms with Crippen molar-refractivity contribution >= 4 is 23.5 Å². The van der Waals surface area contributed by atoms with E-state index in [1.807, 2.05) is 49.3 Å². The molecule has 0 aliphatic heterocycles. The first-order valence-electron chi connectivity index (χ1n) is 7.79. The van der Waals surface area contributed by atoms with E-state index in [9.17, 15) is 9.59 Å². The molecule has 0 atom stereocenters. The van der Waals surface area contributed by atoms with Gasteiger partial charge < -0.3 is 9.64 Å². The third-order valence-electron chi connectivity index (χ3n) is 3.50. The van der Waals surface area contributed by atoms with Crippen LogP contribution in [0, 0.1) is 0 Å². The predicted octanol–water partition coefficient (Wildman–Crippen LogP) is 3.58. The van der Waals surface area contributed by atoms with Crippen molar-refractivity contribution in [3.8, 4) is 0 Å². The smallest absolute Gasteiger partial charge is 0.342 e. The Morgan fingerprint density at radius 1 is 1.00 bits per heavy atom. The van der Waals surface area contributed by atoms with Crippen LogP contribution in [-0.2, 0) is 9.53 Å². The van der Waals surface area contributed by atoms with Crippen LogP contribution in [0.25, 0.3) is 6.08 Å². The highest BCUT2D eigenvalue weighted by Gasteiger charge is 2.21. The number of benzene rings is 2. The van der Waals surface area contributed by atoms with Crippen molar-refractivity contribution in [2.45, 2.75) is 6.92 Å². The Morgan fingerprint density at radius 2 is 1.62 bits per heavy atom. The van der Waals surface area contributed by atoms with Crippen molar-refractivity contribution in [2.24, 2.45) is 0 Å². The van der Waals surface area contributed by atoms with Gasteiger partial charge in [0.05, 0.1) is 6.61 Å². The van der Waals surface area contributed by atoms with Gasteiger partial charge in [-0.3, -0.25) is 4.79 Å². The van der Waals surface area contributed by atoms with Crippen molar-refractivity contribution in [3.05, 3.63) is 71.3 Å². The first-order chi connectivity index (χ1) is 11.5. The fraction of sp³-hybridized carbons (Fsp3) is 0.200. The average Bonchev–Trinajstić information content (AvgIpc) is 2.60. The van der Waals surface area contributed by atoms with Gasteiger partial charge in [-0.2, -0.15) is 0 Å². The largest absolute Gasteiger partial charge is 0.462 e. The maximum absolute atomic E-state index is 12.7. The summed E-state index contributed by atoms with van der Waals surface area (Å²) in [5.74, 6) is -0.950. The Morgan fingerprint density at radius 3 is 2.17 bits per heavy atom. The van der Waals surface area contributed by atoms with E-state index >= 15 is 0 Å². The highest BCUT2D eigenvalue weighted by atomic mass is 16.5. The number of esters is 1. The molecule has 124 valence electrons. The first kappa shape index (κ1) is 17.5. The van der Waals surface area contributed by atoms with Gasteiger partial charge >= 0.3 is 5.97 Å². The summed E-state index contributed by atoms with van der Waals surface area (Å²) in [5, 5.41) is 0. The molecule has 0 saturated carbocycles. The minimum absolute atomic E-state index is 0.0284. The number of carbonyl (C=O) groups excluding carboxylic acids is 2. The van der Waals surface area contributed by atoms with Crippen LogP contribution in [0.2, 0.25) is 0 Å². The summed E-state index contributed by atoms with van der Waals surface area (Å²) < 4.78 is 5.04. The number of hydrogen-bond acceptors (Lipinski definition) is 4. The maximum atomic E-state index is 12.7. The van der Waals surface area contributed by atoms with Crippen LogP contribution in [0.5, 0.6) is 0 Å². The summed E-state index contributed by atoms with van der Waals surface area (Å²) in [4.78, 5) is 26.9. The Balaban J connectivity index is 2.38. The molecule has 0 saturated heterocycles. The molecule has 0 spiro atoms. The number of hydrogen-bond donors (Lipinski definition) is 0. The van der Waals surface area contributed by atoms with Gasteiger partial charge in [0.1, 0.15) is 5.57 Å². The molecule has 24 heavy (non-hydrogen) atoms. The number of carbonyl (C=O) groups is 2. The normalized spacial score (nSPS) is 11.0. The van der Waals surface area contributed by atoms with Crippen molar-refractivity contribution < 1.29 is 14.3 Å². The van der Waals surface area contributed by atoms with Gasteiger partial charge in [0.2, 0.25) is 0 Å². The van der Waals surface area contributed by atoms with E-state index in [0.717, 1.165) is 11.3 Å². The lowest BCUT2D eigenvalue weighted by Crippen LogP contribution is -2.16. The topological polar surface area (TPSA) is 46.6 Å². The van der Waals surface area contributed by atoms with Gasteiger partial charge in [-0.05, 0) is 30.7 Å². The summed E-state index contributed by atoms with van der Waals surface area (Å²) in [6.45, 7) is 1.94. The van der Waals surface area contributed by atoms with E-state index < -0.39 is 5.97 Å². The van der Waals surface area contributed by atoms with Crippen LogP contribution < -0.4 is 4.90 Å². The van der Waals surface area contributed by atoms with Crippen LogP contribution in [-0.4, -0.2) is 32.5 Å². The van der Waals surface area contributed by atoms with Crippen LogP contribution in [0.3, 0.4) is 0 Å². The monoisotopic (exact) mass is 323 g/mol. The zero-order valence-corrected chi connectivity index (χ0v) is 14.2. The highest BCUT2D eigenvalue weighted by molar-refractivity contribution is 6.26. The third kappa shape index (κ3) is 4.32. The summed E-state index contributed by atoms with van der Waals surface area (Å²) in [7, 11) is 3.90. The summed E-state index contributed by atoms with van der Waals surface area (Å²) in [6.07, 6.45) is 1.58. The van der Waals surface area contributed by atoms with Gasteiger partial charge in [-0.25, -0.2) is 4.79 Å². The molecule has 0 aliphatic rings. The van der Waals surface area contributed by atoms with Crippen LogP contribution >= 0.6 is 0 Å². The molecule has 2 aromatic carbocycles. The standard InChI is InChI=1S/C20H21NO3/c1-4-24-20(23)18(19(22)16-8-6-5-7-9-16)14-15-10-12-17(13-11-15)21(2)3/h5-14H,4H2,1-3H3/b18-14-. The molecule has 4 heteroatoms. The lowest BCUT2D eigenvalue weighted by Gasteiger charge is -2.12. The zero-order chi connectivity index (χ0) is 17.5. The van der Waals surface area contributed by atoms with E-state index in [-0.39, 0.29) is 18.0 Å². The lowest BCUT2D eigenvalue weighted by atomic mass is 10.0. The van der Waals surface area contributed by atoms with Gasteiger partial charge in [0.15, 0.2) is 5.78 Å². The molecule has 4 nitrogen and oxygen atoms in total. The summed E-state index contributed by atoms with van der Waals surface area (Å²) in [5.41, 5.74) is 2.30. The van der Waals surface area contributed by atoms with Crippen molar-refractivity contribution in [1.82, 2.24) is 0 Å². The van der Waals surface area contributed by atoms with E-state index in [2.05, 4.69) is 0 Å². The highest BCUT2D eigenvalue weighted by Crippen LogP contribution is 2.18. The molecule has 0 aromatic heterocycles. The van der Waals surface area contributed by atoms with E-state index in [1.165, 1.54) is 0 Å². The van der Waals surface area contributed by atoms with Gasteiger partial charge in [0, 0.05) is 25.3 Å². The number of ketones is 1. The molecule has 0 N–H and O–H groups in total. The summed E-state index contributed by atoms with van der Waals surface area (Å²) >= 11 is 0. The molecule has 0 bridgehead atoms. The molecule has 0 fully saturated rings. The third-order valence-corrected chi connectivity index (χ3v) is 3.50. The van der Waals surface area contributed by atoms with Crippen LogP contribution in [0.4, 0.5) is 5.69 Å². The number of nitrogens with zero attached hydrogens (tertiary/aromatic N) is 1. The molecule has 0 unspecified atom stereocenters. The van der Waals surface area contributed by atoms with Crippen molar-refractivity contribution in [1.29, 1.82) is 0 Å². The van der Waals surface area contributed by atoms with E-state index in [0.29, 0.717) is 5.56 Å². The molecular weight excluding hydrogens is 302 g/mol. The van der Waals surface area contributed by atoms with Gasteiger partial charge in [-0.15, -0.1) is 0 Å². The quantitative estimate of drug-likeness (QED) is 0.268. The van der Waals surface area contributed by atoms with Crippen LogP contribution in [0.1, 0.15) is 22.8 Å². The van der Waals surface area contributed by atoms with E-state index in [4.69, 9.17) is 4.74 Å². The maximum Gasteiger partial charge on any atom is 0.342 e. The number of Topliss-reactive ketones (excluding diaryl/α,β-unsaturated/α-hetero) is 1. The SMILES string of the molecule is CCOC(=O)/C(=C\c1ccc(N(C)C)cc1)C(=O)c1ccccc1. The second-order valence-electron chi connectivity index (χ2n) is 5.46. The molecule has 0 aliphatic carbocycles. The number of rotatable bonds is 6. The van der Waals surface area contributed by atoms with Crippen molar-refractivity contribution in [3.63, 3.8) is 0 Å². The number of ether oxygens (including phenoxy) is 1. The first-order valence-corrected chi connectivity index (χ1v) is 7.79. The lowest BCUT2D eigenvalue weighted by molar-refractivity contribution is -0.137.